The van der Waals surface area contributed by atoms with Crippen LogP contribution in [0.2, 0.25) is 0 Å². The van der Waals surface area contributed by atoms with Crippen LogP contribution in [0.5, 0.6) is 0 Å². The molecule has 104 heavy (non-hydrogen) atoms. The molecule has 0 rings (SSSR count). The first-order valence-electron chi connectivity index (χ1n) is 43.8. The third-order valence-electron chi connectivity index (χ3n) is 19.9. The number of phosphoric acid groups is 2. The van der Waals surface area contributed by atoms with Gasteiger partial charge in [-0.1, -0.05) is 395 Å². The molecule has 0 aliphatic rings. The number of carbonyl (C=O) groups excluding carboxylic acids is 4. The first-order chi connectivity index (χ1) is 50.2. The van der Waals surface area contributed by atoms with Crippen molar-refractivity contribution in [2.75, 3.05) is 39.6 Å². The van der Waals surface area contributed by atoms with E-state index in [4.69, 9.17) is 37.0 Å². The monoisotopic (exact) mass is 1520 g/mol. The Morgan fingerprint density at radius 2 is 0.442 bits per heavy atom. The van der Waals surface area contributed by atoms with Crippen LogP contribution in [0, 0.1) is 17.8 Å². The molecule has 0 saturated carbocycles. The molecule has 0 aliphatic heterocycles. The van der Waals surface area contributed by atoms with Crippen LogP contribution in [-0.2, 0) is 65.4 Å². The maximum Gasteiger partial charge on any atom is 0.472 e. The number of rotatable bonds is 83. The molecule has 618 valence electrons. The minimum absolute atomic E-state index is 0.106. The first-order valence-corrected chi connectivity index (χ1v) is 46.8. The Morgan fingerprint density at radius 1 is 0.260 bits per heavy atom. The summed E-state index contributed by atoms with van der Waals surface area (Å²) in [6, 6.07) is 0. The fourth-order valence-corrected chi connectivity index (χ4v) is 14.8. The minimum atomic E-state index is -4.97. The summed E-state index contributed by atoms with van der Waals surface area (Å²) in [6.45, 7) is 12.0. The molecule has 2 unspecified atom stereocenters. The van der Waals surface area contributed by atoms with Gasteiger partial charge in [-0.15, -0.1) is 0 Å². The van der Waals surface area contributed by atoms with Crippen molar-refractivity contribution < 1.29 is 80.2 Å². The summed E-state index contributed by atoms with van der Waals surface area (Å²) in [5, 5.41) is 10.7. The average Bonchev–Trinajstić information content (AvgIpc) is 0.933. The van der Waals surface area contributed by atoms with Gasteiger partial charge in [0.2, 0.25) is 0 Å². The number of ether oxygens (including phenoxy) is 4. The van der Waals surface area contributed by atoms with E-state index in [1.165, 1.54) is 257 Å². The van der Waals surface area contributed by atoms with E-state index in [1.807, 2.05) is 0 Å². The van der Waals surface area contributed by atoms with E-state index >= 15 is 0 Å². The standard InChI is InChI=1S/C85H166O17P2/c1-8-9-10-11-12-13-14-23-30-38-45-52-59-66-82(87)95-73-81(102-85(90)69-62-55-48-41-34-33-37-44-51-58-65-78(6)7)75-100-104(93,94)98-71-79(86)70-97-103(91,92)99-74-80(101-84(89)68-61-54-47-40-32-27-22-18-16-20-25-29-36-43-50-57-64-77(4)5)72-96-83(88)67-60-53-46-39-31-26-21-17-15-19-24-28-35-42-49-56-63-76(2)3/h76-81,86H,8-75H2,1-7H3,(H,91,92)(H,93,94)/t79-,80-,81-/m1/s1. The van der Waals surface area contributed by atoms with Gasteiger partial charge in [-0.25, -0.2) is 9.13 Å². The van der Waals surface area contributed by atoms with Gasteiger partial charge in [0.1, 0.15) is 19.3 Å². The largest absolute Gasteiger partial charge is 0.472 e. The Hall–Kier alpha value is -1.94. The molecular weight excluding hydrogens is 1350 g/mol. The van der Waals surface area contributed by atoms with Gasteiger partial charge in [0.15, 0.2) is 12.2 Å². The number of phosphoric ester groups is 2. The van der Waals surface area contributed by atoms with Crippen LogP contribution in [0.3, 0.4) is 0 Å². The number of unbranched alkanes of at least 4 members (excludes halogenated alkanes) is 51. The maximum absolute atomic E-state index is 13.1. The van der Waals surface area contributed by atoms with E-state index < -0.39 is 97.5 Å². The number of aliphatic hydroxyl groups excluding tert-OH is 1. The second-order valence-electron chi connectivity index (χ2n) is 32.0. The fourth-order valence-electron chi connectivity index (χ4n) is 13.2. The Bertz CT molecular complexity index is 2010. The van der Waals surface area contributed by atoms with Gasteiger partial charge in [-0.2, -0.15) is 0 Å². The van der Waals surface area contributed by atoms with Gasteiger partial charge < -0.3 is 33.8 Å². The lowest BCUT2D eigenvalue weighted by molar-refractivity contribution is -0.161. The second-order valence-corrected chi connectivity index (χ2v) is 34.9. The SMILES string of the molecule is CCCCCCCCCCCCCCCC(=O)OC[C@H](COP(=O)(O)OC[C@H](O)COP(=O)(O)OC[C@@H](COC(=O)CCCCCCCCCCCCCCCCCCC(C)C)OC(=O)CCCCCCCCCCCCCCCCCCC(C)C)OC(=O)CCCCCCCCCCCCC(C)C. The lowest BCUT2D eigenvalue weighted by atomic mass is 10.0. The zero-order valence-electron chi connectivity index (χ0n) is 68.5. The van der Waals surface area contributed by atoms with Crippen molar-refractivity contribution in [1.29, 1.82) is 0 Å². The molecule has 0 saturated heterocycles. The summed E-state index contributed by atoms with van der Waals surface area (Å²) >= 11 is 0. The van der Waals surface area contributed by atoms with E-state index in [0.717, 1.165) is 108 Å². The van der Waals surface area contributed by atoms with Gasteiger partial charge in [0.05, 0.1) is 26.4 Å². The van der Waals surface area contributed by atoms with E-state index in [-0.39, 0.29) is 25.7 Å². The Balaban J connectivity index is 5.25. The van der Waals surface area contributed by atoms with Crippen LogP contribution in [0.25, 0.3) is 0 Å². The lowest BCUT2D eigenvalue weighted by Gasteiger charge is -2.21. The number of esters is 4. The average molecular weight is 1520 g/mol. The van der Waals surface area contributed by atoms with E-state index in [0.29, 0.717) is 25.7 Å². The third-order valence-corrected chi connectivity index (χ3v) is 21.8. The molecule has 3 N–H and O–H groups in total. The van der Waals surface area contributed by atoms with Crippen LogP contribution < -0.4 is 0 Å². The van der Waals surface area contributed by atoms with Gasteiger partial charge >= 0.3 is 39.5 Å². The molecule has 0 bridgehead atoms. The smallest absolute Gasteiger partial charge is 0.462 e. The molecule has 0 aromatic rings. The summed E-state index contributed by atoms with van der Waals surface area (Å²) in [5.41, 5.74) is 0. The van der Waals surface area contributed by atoms with Gasteiger partial charge in [0.25, 0.3) is 0 Å². The summed E-state index contributed by atoms with van der Waals surface area (Å²) in [5.74, 6) is 0.270. The van der Waals surface area contributed by atoms with Crippen LogP contribution in [-0.4, -0.2) is 96.7 Å². The summed E-state index contributed by atoms with van der Waals surface area (Å²) in [6.07, 6.45) is 65.2. The van der Waals surface area contributed by atoms with Crippen molar-refractivity contribution in [3.63, 3.8) is 0 Å². The molecule has 17 nitrogen and oxygen atoms in total. The van der Waals surface area contributed by atoms with Crippen molar-refractivity contribution >= 4 is 39.5 Å². The molecule has 0 fully saturated rings. The van der Waals surface area contributed by atoms with E-state index in [2.05, 4.69) is 48.5 Å². The van der Waals surface area contributed by atoms with Gasteiger partial charge in [0, 0.05) is 25.7 Å². The predicted molar refractivity (Wildman–Crippen MR) is 428 cm³/mol. The highest BCUT2D eigenvalue weighted by molar-refractivity contribution is 7.47. The van der Waals surface area contributed by atoms with Crippen molar-refractivity contribution in [3.05, 3.63) is 0 Å². The second kappa shape index (κ2) is 75.1. The number of hydrogen-bond donors (Lipinski definition) is 3. The highest BCUT2D eigenvalue weighted by Gasteiger charge is 2.30. The highest BCUT2D eigenvalue weighted by atomic mass is 31.2. The normalized spacial score (nSPS) is 13.9. The predicted octanol–water partition coefficient (Wildman–Crippen LogP) is 25.7. The molecular formula is C85H166O17P2. The molecule has 0 spiro atoms. The fraction of sp³-hybridized carbons (Fsp3) is 0.953. The lowest BCUT2D eigenvalue weighted by Crippen LogP contribution is -2.30. The van der Waals surface area contributed by atoms with Crippen LogP contribution in [0.1, 0.15) is 447 Å². The van der Waals surface area contributed by atoms with Crippen LogP contribution in [0.4, 0.5) is 0 Å². The van der Waals surface area contributed by atoms with E-state index in [1.54, 1.807) is 0 Å². The van der Waals surface area contributed by atoms with E-state index in [9.17, 15) is 43.2 Å². The number of aliphatic hydroxyl groups is 1. The van der Waals surface area contributed by atoms with Crippen molar-refractivity contribution in [3.8, 4) is 0 Å². The topological polar surface area (TPSA) is 237 Å². The van der Waals surface area contributed by atoms with Crippen molar-refractivity contribution in [1.82, 2.24) is 0 Å². The number of carbonyl (C=O) groups is 4. The molecule has 0 aromatic heterocycles. The molecule has 5 atom stereocenters. The van der Waals surface area contributed by atoms with Crippen LogP contribution in [0.15, 0.2) is 0 Å². The quantitative estimate of drug-likeness (QED) is 0.0222. The molecule has 0 radical (unpaired) electrons. The molecule has 0 amide bonds. The highest BCUT2D eigenvalue weighted by Crippen LogP contribution is 2.45. The summed E-state index contributed by atoms with van der Waals surface area (Å²) in [7, 11) is -9.93. The first kappa shape index (κ1) is 102. The number of hydrogen-bond acceptors (Lipinski definition) is 15. The van der Waals surface area contributed by atoms with Gasteiger partial charge in [-0.3, -0.25) is 37.3 Å². The molecule has 0 aliphatic carbocycles. The zero-order chi connectivity index (χ0) is 76.5. The van der Waals surface area contributed by atoms with Crippen molar-refractivity contribution in [2.24, 2.45) is 17.8 Å². The third kappa shape index (κ3) is 78.2. The van der Waals surface area contributed by atoms with Crippen molar-refractivity contribution in [2.45, 2.75) is 465 Å². The zero-order valence-corrected chi connectivity index (χ0v) is 70.3. The Kier molecular flexibility index (Phi) is 73.7. The molecule has 0 heterocycles. The molecule has 19 heteroatoms. The van der Waals surface area contributed by atoms with Crippen LogP contribution >= 0.6 is 15.6 Å². The van der Waals surface area contributed by atoms with Gasteiger partial charge in [-0.05, 0) is 43.4 Å². The minimum Gasteiger partial charge on any atom is -0.462 e. The maximum atomic E-state index is 13.1. The summed E-state index contributed by atoms with van der Waals surface area (Å²) in [4.78, 5) is 73.2. The summed E-state index contributed by atoms with van der Waals surface area (Å²) < 4.78 is 68.9. The Morgan fingerprint density at radius 3 is 0.654 bits per heavy atom. The molecule has 0 aromatic carbocycles. The Labute approximate surface area is 638 Å².